The first-order valence-electron chi connectivity index (χ1n) is 15.8. The predicted octanol–water partition coefficient (Wildman–Crippen LogP) is 5.87. The maximum Gasteiger partial charge on any atom is 0.244 e. The van der Waals surface area contributed by atoms with Gasteiger partial charge in [0.1, 0.15) is 30.8 Å². The minimum absolute atomic E-state index is 0.0127. The summed E-state index contributed by atoms with van der Waals surface area (Å²) in [4.78, 5) is 29.6. The normalized spacial score (nSPS) is 13.9. The van der Waals surface area contributed by atoms with Crippen LogP contribution in [-0.4, -0.2) is 50.0 Å². The van der Waals surface area contributed by atoms with Crippen molar-refractivity contribution in [1.82, 2.24) is 10.2 Å². The van der Waals surface area contributed by atoms with Crippen LogP contribution in [0.1, 0.15) is 42.4 Å². The Morgan fingerprint density at radius 2 is 1.43 bits per heavy atom. The van der Waals surface area contributed by atoms with Gasteiger partial charge in [-0.25, -0.2) is 12.8 Å². The van der Waals surface area contributed by atoms with E-state index in [2.05, 4.69) is 5.32 Å². The number of carbonyl (C=O) groups excluding carboxylic acids is 2. The maximum absolute atomic E-state index is 14.3. The van der Waals surface area contributed by atoms with Crippen LogP contribution in [0, 0.1) is 5.82 Å². The fourth-order valence-corrected chi connectivity index (χ4v) is 6.62. The van der Waals surface area contributed by atoms with Crippen molar-refractivity contribution < 1.29 is 27.1 Å². The number of hydrogen-bond donors (Lipinski definition) is 1. The van der Waals surface area contributed by atoms with Crippen LogP contribution in [0.25, 0.3) is 0 Å². The molecule has 246 valence electrons. The molecule has 1 saturated carbocycles. The number of anilines is 1. The summed E-state index contributed by atoms with van der Waals surface area (Å²) in [7, 11) is -3.92. The number of amides is 2. The van der Waals surface area contributed by atoms with Gasteiger partial charge in [-0.15, -0.1) is 0 Å². The van der Waals surface area contributed by atoms with Crippen LogP contribution in [0.3, 0.4) is 0 Å². The second-order valence-corrected chi connectivity index (χ2v) is 13.8. The van der Waals surface area contributed by atoms with Crippen LogP contribution >= 0.6 is 0 Å². The molecule has 1 atom stereocenters. The van der Waals surface area contributed by atoms with E-state index in [1.807, 2.05) is 60.7 Å². The molecule has 0 radical (unpaired) electrons. The van der Waals surface area contributed by atoms with Crippen molar-refractivity contribution in [3.8, 4) is 5.75 Å². The smallest absolute Gasteiger partial charge is 0.244 e. The van der Waals surface area contributed by atoms with Gasteiger partial charge >= 0.3 is 0 Å². The Hall–Kier alpha value is -4.70. The van der Waals surface area contributed by atoms with E-state index in [0.717, 1.165) is 47.4 Å². The summed E-state index contributed by atoms with van der Waals surface area (Å²) in [5.41, 5.74) is 2.73. The molecule has 5 rings (SSSR count). The van der Waals surface area contributed by atoms with Gasteiger partial charge < -0.3 is 15.0 Å². The van der Waals surface area contributed by atoms with Crippen molar-refractivity contribution in [2.24, 2.45) is 0 Å². The molecule has 1 unspecified atom stereocenters. The molecule has 4 aromatic rings. The lowest BCUT2D eigenvalue weighted by molar-refractivity contribution is -0.140. The number of sulfonamides is 1. The number of nitrogens with one attached hydrogen (secondary N) is 1. The first-order valence-corrected chi connectivity index (χ1v) is 17.6. The Morgan fingerprint density at radius 3 is 2.02 bits per heavy atom. The van der Waals surface area contributed by atoms with Crippen molar-refractivity contribution in [3.63, 3.8) is 0 Å². The van der Waals surface area contributed by atoms with Crippen LogP contribution in [0.15, 0.2) is 109 Å². The zero-order valence-electron chi connectivity index (χ0n) is 26.4. The van der Waals surface area contributed by atoms with Crippen LogP contribution in [-0.2, 0) is 39.2 Å². The Bertz CT molecular complexity index is 1710. The number of halogens is 1. The fraction of sp³-hybridized carbons (Fsp3) is 0.297. The van der Waals surface area contributed by atoms with Crippen molar-refractivity contribution in [2.75, 3.05) is 17.1 Å². The Labute approximate surface area is 276 Å². The number of hydrogen-bond acceptors (Lipinski definition) is 5. The molecule has 8 nitrogen and oxygen atoms in total. The van der Waals surface area contributed by atoms with Crippen molar-refractivity contribution in [3.05, 3.63) is 132 Å². The third-order valence-corrected chi connectivity index (χ3v) is 9.43. The highest BCUT2D eigenvalue weighted by atomic mass is 32.2. The second kappa shape index (κ2) is 15.7. The summed E-state index contributed by atoms with van der Waals surface area (Å²) < 4.78 is 46.9. The Morgan fingerprint density at radius 1 is 0.830 bits per heavy atom. The lowest BCUT2D eigenvalue weighted by Crippen LogP contribution is -2.54. The van der Waals surface area contributed by atoms with E-state index in [1.165, 1.54) is 17.0 Å². The van der Waals surface area contributed by atoms with Crippen LogP contribution in [0.5, 0.6) is 5.75 Å². The minimum atomic E-state index is -3.92. The molecular weight excluding hydrogens is 617 g/mol. The number of nitrogens with zero attached hydrogens (tertiary/aromatic N) is 2. The zero-order valence-corrected chi connectivity index (χ0v) is 27.2. The summed E-state index contributed by atoms with van der Waals surface area (Å²) in [5, 5.41) is 3.14. The maximum atomic E-state index is 14.3. The number of rotatable bonds is 14. The van der Waals surface area contributed by atoms with Gasteiger partial charge in [0.2, 0.25) is 21.8 Å². The van der Waals surface area contributed by atoms with E-state index >= 15 is 0 Å². The number of carbonyl (C=O) groups is 2. The van der Waals surface area contributed by atoms with E-state index in [4.69, 9.17) is 4.74 Å². The average molecular weight is 658 g/mol. The molecule has 0 spiro atoms. The molecule has 0 aromatic heterocycles. The summed E-state index contributed by atoms with van der Waals surface area (Å²) in [6.45, 7) is -0.205. The third kappa shape index (κ3) is 9.65. The molecule has 1 aliphatic rings. The van der Waals surface area contributed by atoms with Gasteiger partial charge in [0.15, 0.2) is 0 Å². The SMILES string of the molecule is CS(=O)(=O)N(CC(=O)N(Cc1ccc(F)cc1)C(Cc1ccccc1)C(=O)NC1CCCC1)c1ccc(OCc2ccccc2)cc1. The van der Waals surface area contributed by atoms with Gasteiger partial charge in [-0.3, -0.25) is 13.9 Å². The summed E-state index contributed by atoms with van der Waals surface area (Å²) in [6.07, 6.45) is 5.03. The van der Waals surface area contributed by atoms with Crippen molar-refractivity contribution in [1.29, 1.82) is 0 Å². The van der Waals surface area contributed by atoms with Crippen LogP contribution in [0.4, 0.5) is 10.1 Å². The topological polar surface area (TPSA) is 96.0 Å². The van der Waals surface area contributed by atoms with Crippen molar-refractivity contribution >= 4 is 27.5 Å². The van der Waals surface area contributed by atoms with Crippen molar-refractivity contribution in [2.45, 2.75) is 57.3 Å². The zero-order chi connectivity index (χ0) is 33.2. The van der Waals surface area contributed by atoms with E-state index in [-0.39, 0.29) is 30.6 Å². The highest BCUT2D eigenvalue weighted by molar-refractivity contribution is 7.92. The monoisotopic (exact) mass is 657 g/mol. The number of benzene rings is 4. The van der Waals surface area contributed by atoms with E-state index < -0.39 is 34.3 Å². The molecule has 0 aliphatic heterocycles. The predicted molar refractivity (Wildman–Crippen MR) is 181 cm³/mol. The van der Waals surface area contributed by atoms with E-state index in [9.17, 15) is 22.4 Å². The van der Waals surface area contributed by atoms with Gasteiger partial charge in [-0.05, 0) is 65.9 Å². The molecule has 0 heterocycles. The van der Waals surface area contributed by atoms with Gasteiger partial charge in [0.05, 0.1) is 11.9 Å². The van der Waals surface area contributed by atoms with Crippen LogP contribution in [0.2, 0.25) is 0 Å². The van der Waals surface area contributed by atoms with Crippen LogP contribution < -0.4 is 14.4 Å². The average Bonchev–Trinajstić information content (AvgIpc) is 3.59. The summed E-state index contributed by atoms with van der Waals surface area (Å²) >= 11 is 0. The number of ether oxygens (including phenoxy) is 1. The lowest BCUT2D eigenvalue weighted by atomic mass is 10.0. The molecule has 4 aromatic carbocycles. The Balaban J connectivity index is 1.42. The summed E-state index contributed by atoms with van der Waals surface area (Å²) in [5.74, 6) is -0.749. The standard InChI is InChI=1S/C37H40FN3O5S/c1-47(44,45)41(33-20-22-34(23-21-33)46-27-30-12-6-3-7-13-30)26-36(42)40(25-29-16-18-31(38)19-17-29)35(24-28-10-4-2-5-11-28)37(43)39-32-14-8-9-15-32/h2-7,10-13,16-23,32,35H,8-9,14-15,24-27H2,1H3,(H,39,43). The fourth-order valence-electron chi connectivity index (χ4n) is 5.77. The molecule has 10 heteroatoms. The highest BCUT2D eigenvalue weighted by Gasteiger charge is 2.34. The largest absolute Gasteiger partial charge is 0.489 e. The van der Waals surface area contributed by atoms with Gasteiger partial charge in [-0.1, -0.05) is 85.6 Å². The van der Waals surface area contributed by atoms with E-state index in [0.29, 0.717) is 17.9 Å². The molecule has 47 heavy (non-hydrogen) atoms. The minimum Gasteiger partial charge on any atom is -0.489 e. The summed E-state index contributed by atoms with van der Waals surface area (Å²) in [6, 6.07) is 30.3. The Kier molecular flexibility index (Phi) is 11.3. The molecule has 0 bridgehead atoms. The second-order valence-electron chi connectivity index (χ2n) is 11.9. The highest BCUT2D eigenvalue weighted by Crippen LogP contribution is 2.24. The molecule has 1 aliphatic carbocycles. The molecule has 2 amide bonds. The molecule has 0 saturated heterocycles. The first-order chi connectivity index (χ1) is 22.7. The first kappa shape index (κ1) is 33.7. The molecular formula is C37H40FN3O5S. The third-order valence-electron chi connectivity index (χ3n) is 8.29. The van der Waals surface area contributed by atoms with Gasteiger partial charge in [0, 0.05) is 19.0 Å². The lowest BCUT2D eigenvalue weighted by Gasteiger charge is -2.34. The molecule has 1 N–H and O–H groups in total. The van der Waals surface area contributed by atoms with Gasteiger partial charge in [-0.2, -0.15) is 0 Å². The van der Waals surface area contributed by atoms with E-state index in [1.54, 1.807) is 36.4 Å². The molecule has 1 fully saturated rings. The van der Waals surface area contributed by atoms with Gasteiger partial charge in [0.25, 0.3) is 0 Å². The quantitative estimate of drug-likeness (QED) is 0.183.